The van der Waals surface area contributed by atoms with Crippen molar-refractivity contribution in [1.82, 2.24) is 10.6 Å². The summed E-state index contributed by atoms with van der Waals surface area (Å²) in [6.45, 7) is 1.61. The molecule has 2 bridgehead atoms. The molecular formula is C23H34ClFN2O. The minimum Gasteiger partial charge on any atom is -0.351 e. The van der Waals surface area contributed by atoms with E-state index in [4.69, 9.17) is 11.6 Å². The molecule has 0 aliphatic heterocycles. The van der Waals surface area contributed by atoms with Gasteiger partial charge in [0.05, 0.1) is 10.6 Å². The monoisotopic (exact) mass is 408 g/mol. The molecule has 2 radical (unpaired) electrons. The second kappa shape index (κ2) is 11.2. The first-order chi connectivity index (χ1) is 13.1. The zero-order valence-electron chi connectivity index (χ0n) is 16.9. The first-order valence-corrected chi connectivity index (χ1v) is 10.8. The van der Waals surface area contributed by atoms with Crippen LogP contribution in [0, 0.1) is 18.8 Å². The van der Waals surface area contributed by atoms with Gasteiger partial charge in [0.2, 0.25) is 0 Å². The number of aryl methyl sites for hydroxylation is 1. The standard InChI is InChI=1S/C22H32ClFN2O.CH2/c23-20-8-7-17(6-3-12-25-13-11-24)14-19(20)21(27)26-16-22-9-1-4-18(15-22)5-2-10-22;/h7-8,14,18,25H,1-6,9-13,15-16H2,(H,26,27);1H2. The highest BCUT2D eigenvalue weighted by Gasteiger charge is 2.39. The van der Waals surface area contributed by atoms with Gasteiger partial charge >= 0.3 is 0 Å². The van der Waals surface area contributed by atoms with Gasteiger partial charge in [0.25, 0.3) is 5.91 Å². The Bertz CT molecular complexity index is 627. The summed E-state index contributed by atoms with van der Waals surface area (Å²) >= 11 is 6.30. The number of alkyl halides is 1. The molecule has 156 valence electrons. The van der Waals surface area contributed by atoms with Crippen LogP contribution in [0.2, 0.25) is 5.02 Å². The van der Waals surface area contributed by atoms with Crippen molar-refractivity contribution < 1.29 is 9.18 Å². The number of carbonyl (C=O) groups excluding carboxylic acids is 1. The van der Waals surface area contributed by atoms with E-state index in [0.717, 1.165) is 37.4 Å². The first-order valence-electron chi connectivity index (χ1n) is 10.5. The summed E-state index contributed by atoms with van der Waals surface area (Å²) in [6, 6.07) is 5.70. The Morgan fingerprint density at radius 2 is 1.96 bits per heavy atom. The highest BCUT2D eigenvalue weighted by Crippen LogP contribution is 2.48. The summed E-state index contributed by atoms with van der Waals surface area (Å²) in [5.74, 6) is 0.807. The third kappa shape index (κ3) is 6.18. The van der Waals surface area contributed by atoms with Crippen LogP contribution in [-0.2, 0) is 6.42 Å². The Morgan fingerprint density at radius 1 is 1.21 bits per heavy atom. The second-order valence-corrected chi connectivity index (χ2v) is 8.80. The summed E-state index contributed by atoms with van der Waals surface area (Å²) in [5, 5.41) is 6.75. The van der Waals surface area contributed by atoms with Crippen molar-refractivity contribution in [2.75, 3.05) is 26.3 Å². The molecule has 3 rings (SSSR count). The first kappa shape index (κ1) is 23.2. The molecule has 5 heteroatoms. The lowest BCUT2D eigenvalue weighted by atomic mass is 9.62. The molecule has 2 saturated carbocycles. The van der Waals surface area contributed by atoms with Gasteiger partial charge in [-0.15, -0.1) is 0 Å². The zero-order chi connectivity index (χ0) is 19.1. The number of fused-ring (bicyclic) bond motifs is 2. The van der Waals surface area contributed by atoms with Gasteiger partial charge in [-0.2, -0.15) is 0 Å². The van der Waals surface area contributed by atoms with Crippen molar-refractivity contribution >= 4 is 17.5 Å². The fraction of sp³-hybridized carbons (Fsp3) is 0.652. The van der Waals surface area contributed by atoms with Gasteiger partial charge in [0.1, 0.15) is 6.67 Å². The fourth-order valence-electron chi connectivity index (χ4n) is 4.94. The van der Waals surface area contributed by atoms with Crippen molar-refractivity contribution in [3.05, 3.63) is 41.8 Å². The van der Waals surface area contributed by atoms with Gasteiger partial charge in [-0.3, -0.25) is 4.79 Å². The summed E-state index contributed by atoms with van der Waals surface area (Å²) in [7, 11) is 0. The number of amides is 1. The van der Waals surface area contributed by atoms with Crippen LogP contribution in [0.25, 0.3) is 0 Å². The van der Waals surface area contributed by atoms with Gasteiger partial charge in [-0.25, -0.2) is 4.39 Å². The van der Waals surface area contributed by atoms with E-state index in [1.807, 2.05) is 18.2 Å². The number of hydrogen-bond donors (Lipinski definition) is 2. The molecule has 1 amide bonds. The molecule has 1 aromatic rings. The van der Waals surface area contributed by atoms with E-state index < -0.39 is 0 Å². The molecule has 0 atom stereocenters. The Kier molecular flexibility index (Phi) is 9.23. The minimum absolute atomic E-state index is 0. The smallest absolute Gasteiger partial charge is 0.252 e. The predicted octanol–water partition coefficient (Wildman–Crippen LogP) is 5.25. The number of halogens is 2. The van der Waals surface area contributed by atoms with Crippen molar-refractivity contribution in [2.45, 2.75) is 57.8 Å². The van der Waals surface area contributed by atoms with Gasteiger partial charge in [0.15, 0.2) is 0 Å². The molecule has 2 N–H and O–H groups in total. The van der Waals surface area contributed by atoms with Gasteiger partial charge in [-0.05, 0) is 67.7 Å². The summed E-state index contributed by atoms with van der Waals surface area (Å²) in [5.41, 5.74) is 1.98. The third-order valence-electron chi connectivity index (χ3n) is 6.35. The molecule has 1 aromatic carbocycles. The largest absolute Gasteiger partial charge is 0.351 e. The van der Waals surface area contributed by atoms with Crippen LogP contribution in [0.4, 0.5) is 4.39 Å². The number of nitrogens with one attached hydrogen (secondary N) is 2. The zero-order valence-corrected chi connectivity index (χ0v) is 17.6. The Hall–Kier alpha value is -1.13. The molecule has 0 saturated heterocycles. The maximum atomic E-state index is 12.8. The highest BCUT2D eigenvalue weighted by molar-refractivity contribution is 6.33. The van der Waals surface area contributed by atoms with Crippen molar-refractivity contribution in [3.8, 4) is 0 Å². The summed E-state index contributed by atoms with van der Waals surface area (Å²) in [4.78, 5) is 12.8. The van der Waals surface area contributed by atoms with E-state index in [1.54, 1.807) is 0 Å². The Balaban J connectivity index is 0.00000280. The lowest BCUT2D eigenvalue weighted by Crippen LogP contribution is -2.43. The molecule has 0 aromatic heterocycles. The minimum atomic E-state index is -0.340. The molecule has 28 heavy (non-hydrogen) atoms. The van der Waals surface area contributed by atoms with Crippen LogP contribution in [0.15, 0.2) is 18.2 Å². The fourth-order valence-corrected chi connectivity index (χ4v) is 5.15. The predicted molar refractivity (Wildman–Crippen MR) is 115 cm³/mol. The SMILES string of the molecule is O=C(NCC12CCCC(CCC1)C2)c1cc(CCCNCCF)ccc1Cl.[CH2]. The average Bonchev–Trinajstić information content (AvgIpc) is 2.67. The molecule has 2 fully saturated rings. The Labute approximate surface area is 174 Å². The maximum Gasteiger partial charge on any atom is 0.252 e. The summed E-state index contributed by atoms with van der Waals surface area (Å²) < 4.78 is 12.1. The highest BCUT2D eigenvalue weighted by atomic mass is 35.5. The molecule has 0 heterocycles. The van der Waals surface area contributed by atoms with Gasteiger partial charge in [0, 0.05) is 13.1 Å². The van der Waals surface area contributed by atoms with Gasteiger partial charge in [-0.1, -0.05) is 50.8 Å². The van der Waals surface area contributed by atoms with E-state index in [9.17, 15) is 9.18 Å². The number of hydrogen-bond acceptors (Lipinski definition) is 2. The lowest BCUT2D eigenvalue weighted by Gasteiger charge is -2.45. The van der Waals surface area contributed by atoms with Crippen molar-refractivity contribution in [1.29, 1.82) is 0 Å². The lowest BCUT2D eigenvalue weighted by molar-refractivity contribution is 0.0682. The maximum absolute atomic E-state index is 12.8. The van der Waals surface area contributed by atoms with Crippen LogP contribution >= 0.6 is 11.6 Å². The van der Waals surface area contributed by atoms with Crippen LogP contribution in [-0.4, -0.2) is 32.2 Å². The second-order valence-electron chi connectivity index (χ2n) is 8.39. The van der Waals surface area contributed by atoms with E-state index in [1.165, 1.54) is 44.9 Å². The van der Waals surface area contributed by atoms with Crippen molar-refractivity contribution in [2.24, 2.45) is 11.3 Å². The van der Waals surface area contributed by atoms with Gasteiger partial charge < -0.3 is 10.6 Å². The molecule has 0 unspecified atom stereocenters. The molecule has 0 spiro atoms. The average molecular weight is 409 g/mol. The Morgan fingerprint density at radius 3 is 2.68 bits per heavy atom. The van der Waals surface area contributed by atoms with E-state index in [-0.39, 0.29) is 20.0 Å². The van der Waals surface area contributed by atoms with Crippen molar-refractivity contribution in [3.63, 3.8) is 0 Å². The molecule has 3 nitrogen and oxygen atoms in total. The van der Waals surface area contributed by atoms with Crippen LogP contribution in [0.5, 0.6) is 0 Å². The summed E-state index contributed by atoms with van der Waals surface area (Å²) in [6.07, 6.45) is 10.8. The third-order valence-corrected chi connectivity index (χ3v) is 6.68. The molecule has 2 aliphatic carbocycles. The van der Waals surface area contributed by atoms with E-state index in [2.05, 4.69) is 10.6 Å². The number of carbonyl (C=O) groups is 1. The van der Waals surface area contributed by atoms with E-state index >= 15 is 0 Å². The topological polar surface area (TPSA) is 41.1 Å². The number of benzene rings is 1. The quantitative estimate of drug-likeness (QED) is 0.548. The normalized spacial score (nSPS) is 23.7. The number of rotatable bonds is 9. The molecule has 2 aliphatic rings. The van der Waals surface area contributed by atoms with Crippen LogP contribution in [0.1, 0.15) is 67.3 Å². The van der Waals surface area contributed by atoms with Crippen LogP contribution < -0.4 is 10.6 Å². The van der Waals surface area contributed by atoms with E-state index in [0.29, 0.717) is 22.5 Å². The molecular weight excluding hydrogens is 375 g/mol. The van der Waals surface area contributed by atoms with Crippen LogP contribution in [0.3, 0.4) is 0 Å².